The number of nitrogens with zero attached hydrogens (tertiary/aromatic N) is 1. The summed E-state index contributed by atoms with van der Waals surface area (Å²) in [6, 6.07) is 4.65. The van der Waals surface area contributed by atoms with Gasteiger partial charge in [-0.2, -0.15) is 0 Å². The van der Waals surface area contributed by atoms with Crippen molar-refractivity contribution in [1.29, 1.82) is 0 Å². The van der Waals surface area contributed by atoms with Crippen LogP contribution in [0.2, 0.25) is 0 Å². The van der Waals surface area contributed by atoms with E-state index >= 15 is 0 Å². The lowest BCUT2D eigenvalue weighted by Gasteiger charge is -2.12. The van der Waals surface area contributed by atoms with Gasteiger partial charge >= 0.3 is 0 Å². The van der Waals surface area contributed by atoms with Crippen LogP contribution in [0.5, 0.6) is 0 Å². The van der Waals surface area contributed by atoms with Gasteiger partial charge in [0.15, 0.2) is 0 Å². The van der Waals surface area contributed by atoms with Crippen molar-refractivity contribution in [3.05, 3.63) is 35.1 Å². The van der Waals surface area contributed by atoms with Crippen molar-refractivity contribution in [2.24, 2.45) is 0 Å². The monoisotopic (exact) mass is 209 g/mol. The summed E-state index contributed by atoms with van der Waals surface area (Å²) in [4.78, 5) is 13.0. The van der Waals surface area contributed by atoms with Gasteiger partial charge in [-0.25, -0.2) is 4.39 Å². The number of halogens is 1. The van der Waals surface area contributed by atoms with Crippen LogP contribution in [0, 0.1) is 5.82 Å². The Morgan fingerprint density at radius 2 is 1.93 bits per heavy atom. The van der Waals surface area contributed by atoms with E-state index in [1.165, 1.54) is 11.0 Å². The summed E-state index contributed by atoms with van der Waals surface area (Å²) < 4.78 is 13.6. The summed E-state index contributed by atoms with van der Waals surface area (Å²) in [5.74, 6) is -0.351. The maximum Gasteiger partial charge on any atom is 0.253 e. The highest BCUT2D eigenvalue weighted by Crippen LogP contribution is 2.19. The number of amides is 1. The second-order valence-corrected chi connectivity index (χ2v) is 4.09. The molecule has 0 spiro atoms. The lowest BCUT2D eigenvalue weighted by atomic mass is 10.0. The molecule has 1 aromatic rings. The van der Waals surface area contributed by atoms with Crippen molar-refractivity contribution in [2.45, 2.75) is 19.8 Å². The van der Waals surface area contributed by atoms with Crippen LogP contribution in [0.1, 0.15) is 35.7 Å². The molecule has 0 saturated heterocycles. The van der Waals surface area contributed by atoms with Crippen LogP contribution < -0.4 is 0 Å². The van der Waals surface area contributed by atoms with Crippen molar-refractivity contribution in [3.8, 4) is 0 Å². The highest BCUT2D eigenvalue weighted by Gasteiger charge is 2.12. The first-order valence-electron chi connectivity index (χ1n) is 4.94. The second-order valence-electron chi connectivity index (χ2n) is 4.09. The van der Waals surface area contributed by atoms with Crippen molar-refractivity contribution in [3.63, 3.8) is 0 Å². The molecule has 0 heterocycles. The Morgan fingerprint density at radius 3 is 2.33 bits per heavy atom. The molecule has 82 valence electrons. The molecule has 1 aromatic carbocycles. The standard InChI is InChI=1S/C12H16FNO/c1-8(2)10-6-5-9(7-11(10)13)12(15)14(3)4/h5-8H,1-4H3. The van der Waals surface area contributed by atoms with E-state index in [2.05, 4.69) is 0 Å². The van der Waals surface area contributed by atoms with Crippen molar-refractivity contribution < 1.29 is 9.18 Å². The first-order valence-corrected chi connectivity index (χ1v) is 4.94. The molecule has 15 heavy (non-hydrogen) atoms. The van der Waals surface area contributed by atoms with Gasteiger partial charge in [0.2, 0.25) is 0 Å². The van der Waals surface area contributed by atoms with Crippen LogP contribution in [0.15, 0.2) is 18.2 Å². The second kappa shape index (κ2) is 4.43. The molecule has 3 heteroatoms. The molecule has 0 aliphatic carbocycles. The van der Waals surface area contributed by atoms with Gasteiger partial charge in [-0.05, 0) is 23.6 Å². The predicted molar refractivity (Wildman–Crippen MR) is 58.5 cm³/mol. The molecular weight excluding hydrogens is 193 g/mol. The third-order valence-electron chi connectivity index (χ3n) is 2.28. The molecule has 0 radical (unpaired) electrons. The fourth-order valence-electron chi connectivity index (χ4n) is 1.39. The quantitative estimate of drug-likeness (QED) is 0.733. The van der Waals surface area contributed by atoms with Crippen LogP contribution in [-0.4, -0.2) is 24.9 Å². The summed E-state index contributed by atoms with van der Waals surface area (Å²) in [6.07, 6.45) is 0. The Hall–Kier alpha value is -1.38. The van der Waals surface area contributed by atoms with Crippen LogP contribution in [-0.2, 0) is 0 Å². The summed E-state index contributed by atoms with van der Waals surface area (Å²) in [7, 11) is 3.30. The molecule has 0 aliphatic heterocycles. The molecule has 0 aliphatic rings. The van der Waals surface area contributed by atoms with Crippen LogP contribution in [0.3, 0.4) is 0 Å². The Balaban J connectivity index is 3.07. The topological polar surface area (TPSA) is 20.3 Å². The fourth-order valence-corrected chi connectivity index (χ4v) is 1.39. The zero-order valence-corrected chi connectivity index (χ0v) is 9.54. The lowest BCUT2D eigenvalue weighted by molar-refractivity contribution is 0.0827. The Bertz CT molecular complexity index is 372. The Kier molecular flexibility index (Phi) is 3.45. The lowest BCUT2D eigenvalue weighted by Crippen LogP contribution is -2.21. The fraction of sp³-hybridized carbons (Fsp3) is 0.417. The van der Waals surface area contributed by atoms with Gasteiger partial charge in [-0.3, -0.25) is 4.79 Å². The van der Waals surface area contributed by atoms with Crippen molar-refractivity contribution in [1.82, 2.24) is 4.90 Å². The van der Waals surface area contributed by atoms with Gasteiger partial charge in [0.25, 0.3) is 5.91 Å². The molecule has 1 amide bonds. The molecule has 0 saturated carbocycles. The average molecular weight is 209 g/mol. The van der Waals surface area contributed by atoms with Crippen LogP contribution in [0.4, 0.5) is 4.39 Å². The SMILES string of the molecule is CC(C)c1ccc(C(=O)N(C)C)cc1F. The summed E-state index contributed by atoms with van der Waals surface area (Å²) in [5.41, 5.74) is 1.03. The first-order chi connectivity index (χ1) is 6.93. The Morgan fingerprint density at radius 1 is 1.33 bits per heavy atom. The van der Waals surface area contributed by atoms with Crippen molar-refractivity contribution in [2.75, 3.05) is 14.1 Å². The van der Waals surface area contributed by atoms with E-state index in [0.717, 1.165) is 0 Å². The number of carbonyl (C=O) groups excluding carboxylic acids is 1. The van der Waals surface area contributed by atoms with E-state index in [1.807, 2.05) is 13.8 Å². The van der Waals surface area contributed by atoms with Crippen molar-refractivity contribution >= 4 is 5.91 Å². The summed E-state index contributed by atoms with van der Waals surface area (Å²) in [5, 5.41) is 0. The average Bonchev–Trinajstić information content (AvgIpc) is 2.15. The van der Waals surface area contributed by atoms with E-state index in [4.69, 9.17) is 0 Å². The maximum absolute atomic E-state index is 13.6. The van der Waals surface area contributed by atoms with E-state index in [-0.39, 0.29) is 17.6 Å². The molecule has 1 rings (SSSR count). The number of rotatable bonds is 2. The van der Waals surface area contributed by atoms with Crippen LogP contribution in [0.25, 0.3) is 0 Å². The highest BCUT2D eigenvalue weighted by atomic mass is 19.1. The number of carbonyl (C=O) groups is 1. The minimum atomic E-state index is -0.308. The molecule has 0 unspecified atom stereocenters. The van der Waals surface area contributed by atoms with E-state index in [1.54, 1.807) is 26.2 Å². The molecule has 0 fully saturated rings. The smallest absolute Gasteiger partial charge is 0.253 e. The first kappa shape index (κ1) is 11.7. The van der Waals surface area contributed by atoms with E-state index < -0.39 is 0 Å². The summed E-state index contributed by atoms with van der Waals surface area (Å²) in [6.45, 7) is 3.84. The molecule has 0 bridgehead atoms. The highest BCUT2D eigenvalue weighted by molar-refractivity contribution is 5.93. The minimum absolute atomic E-state index is 0.133. The van der Waals surface area contributed by atoms with Gasteiger partial charge < -0.3 is 4.90 Å². The zero-order chi connectivity index (χ0) is 11.6. The van der Waals surface area contributed by atoms with Gasteiger partial charge in [-0.1, -0.05) is 19.9 Å². The number of hydrogen-bond acceptors (Lipinski definition) is 1. The largest absolute Gasteiger partial charge is 0.345 e. The van der Waals surface area contributed by atoms with E-state index in [9.17, 15) is 9.18 Å². The molecule has 0 aromatic heterocycles. The van der Waals surface area contributed by atoms with E-state index in [0.29, 0.717) is 11.1 Å². The van der Waals surface area contributed by atoms with Gasteiger partial charge in [0, 0.05) is 19.7 Å². The molecule has 0 atom stereocenters. The van der Waals surface area contributed by atoms with Gasteiger partial charge in [0.05, 0.1) is 0 Å². The number of hydrogen-bond donors (Lipinski definition) is 0. The third-order valence-corrected chi connectivity index (χ3v) is 2.28. The van der Waals surface area contributed by atoms with Crippen LogP contribution >= 0.6 is 0 Å². The Labute approximate surface area is 89.7 Å². The molecule has 0 N–H and O–H groups in total. The minimum Gasteiger partial charge on any atom is -0.345 e. The predicted octanol–water partition coefficient (Wildman–Crippen LogP) is 2.65. The zero-order valence-electron chi connectivity index (χ0n) is 9.54. The number of benzene rings is 1. The maximum atomic E-state index is 13.6. The molecule has 2 nitrogen and oxygen atoms in total. The van der Waals surface area contributed by atoms with Gasteiger partial charge in [-0.15, -0.1) is 0 Å². The normalized spacial score (nSPS) is 10.5. The molecular formula is C12H16FNO. The third kappa shape index (κ3) is 2.55. The summed E-state index contributed by atoms with van der Waals surface area (Å²) >= 11 is 0. The van der Waals surface area contributed by atoms with Gasteiger partial charge in [0.1, 0.15) is 5.82 Å².